The predicted molar refractivity (Wildman–Crippen MR) is 44.3 cm³/mol. The van der Waals surface area contributed by atoms with E-state index in [1.807, 2.05) is 0 Å². The number of nitrogens with two attached hydrogens (primary N) is 1. The van der Waals surface area contributed by atoms with Gasteiger partial charge in [0.2, 0.25) is 0 Å². The molecule has 0 spiro atoms. The molecule has 1 aromatic rings. The third-order valence-electron chi connectivity index (χ3n) is 1.27. The molecule has 0 aliphatic heterocycles. The highest BCUT2D eigenvalue weighted by molar-refractivity contribution is 7.16. The van der Waals surface area contributed by atoms with Crippen LogP contribution >= 0.6 is 11.3 Å². The molecule has 0 aliphatic carbocycles. The van der Waals surface area contributed by atoms with Crippen molar-refractivity contribution in [3.05, 3.63) is 21.9 Å². The van der Waals surface area contributed by atoms with Crippen LogP contribution < -0.4 is 5.73 Å². The molecule has 1 heterocycles. The molecule has 0 bridgehead atoms. The Morgan fingerprint density at radius 2 is 2.00 bits per heavy atom. The number of thiophene rings is 1. The van der Waals surface area contributed by atoms with E-state index < -0.39 is 18.3 Å². The lowest BCUT2D eigenvalue weighted by Gasteiger charge is -1.88. The normalized spacial score (nSPS) is 9.75. The maximum Gasteiger partial charge on any atom is 0.258 e. The van der Waals surface area contributed by atoms with Crippen LogP contribution in [0.15, 0.2) is 12.1 Å². The largest absolute Gasteiger partial charge is 0.388 e. The van der Waals surface area contributed by atoms with Crippen molar-refractivity contribution in [1.82, 2.24) is 0 Å². The van der Waals surface area contributed by atoms with E-state index in [2.05, 4.69) is 0 Å². The minimum Gasteiger partial charge on any atom is -0.388 e. The molecule has 1 rings (SSSR count). The van der Waals surface area contributed by atoms with Gasteiger partial charge in [-0.15, -0.1) is 11.3 Å². The van der Waals surface area contributed by atoms with Crippen molar-refractivity contribution in [1.29, 1.82) is 0 Å². The van der Waals surface area contributed by atoms with Crippen LogP contribution in [0.3, 0.4) is 0 Å². The number of hydrogen-bond acceptors (Lipinski definition) is 4. The predicted octanol–water partition coefficient (Wildman–Crippen LogP) is 0.0220. The molecule has 64 valence electrons. The van der Waals surface area contributed by atoms with E-state index in [0.29, 0.717) is 9.75 Å². The SMILES string of the molecule is NC(=O)c1ccc(C(=O)CO)s1. The summed E-state index contributed by atoms with van der Waals surface area (Å²) in [7, 11) is 0. The van der Waals surface area contributed by atoms with Crippen LogP contribution in [0, 0.1) is 0 Å². The Morgan fingerprint density at radius 3 is 2.42 bits per heavy atom. The van der Waals surface area contributed by atoms with E-state index in [0.717, 1.165) is 11.3 Å². The van der Waals surface area contributed by atoms with Gasteiger partial charge < -0.3 is 10.8 Å². The number of aliphatic hydroxyl groups excluding tert-OH is 1. The minimum atomic E-state index is -0.558. The van der Waals surface area contributed by atoms with Crippen molar-refractivity contribution < 1.29 is 14.7 Å². The molecule has 0 fully saturated rings. The van der Waals surface area contributed by atoms with Gasteiger partial charge in [0.1, 0.15) is 6.61 Å². The Bertz CT molecular complexity index is 318. The highest BCUT2D eigenvalue weighted by Gasteiger charge is 2.09. The zero-order valence-corrected chi connectivity index (χ0v) is 6.93. The lowest BCUT2D eigenvalue weighted by Crippen LogP contribution is -2.08. The molecule has 4 nitrogen and oxygen atoms in total. The van der Waals surface area contributed by atoms with Gasteiger partial charge in [0.25, 0.3) is 5.91 Å². The summed E-state index contributed by atoms with van der Waals surface area (Å²) in [4.78, 5) is 22.1. The van der Waals surface area contributed by atoms with Crippen molar-refractivity contribution in [2.45, 2.75) is 0 Å². The van der Waals surface area contributed by atoms with Gasteiger partial charge in [-0.3, -0.25) is 9.59 Å². The van der Waals surface area contributed by atoms with Gasteiger partial charge in [0, 0.05) is 0 Å². The summed E-state index contributed by atoms with van der Waals surface area (Å²) < 4.78 is 0. The molecule has 0 unspecified atom stereocenters. The van der Waals surface area contributed by atoms with Crippen LogP contribution in [0.2, 0.25) is 0 Å². The van der Waals surface area contributed by atoms with Crippen LogP contribution in [-0.2, 0) is 0 Å². The molecule has 1 amide bonds. The quantitative estimate of drug-likeness (QED) is 0.651. The molecule has 12 heavy (non-hydrogen) atoms. The van der Waals surface area contributed by atoms with Crippen molar-refractivity contribution in [3.8, 4) is 0 Å². The van der Waals surface area contributed by atoms with Crippen molar-refractivity contribution in [3.63, 3.8) is 0 Å². The van der Waals surface area contributed by atoms with Crippen LogP contribution in [-0.4, -0.2) is 23.4 Å². The summed E-state index contributed by atoms with van der Waals surface area (Å²) in [5.74, 6) is -0.954. The number of rotatable bonds is 3. The number of hydrogen-bond donors (Lipinski definition) is 2. The first-order valence-corrected chi connectivity index (χ1v) is 4.00. The van der Waals surface area contributed by atoms with Gasteiger partial charge in [0.15, 0.2) is 5.78 Å². The second-order valence-electron chi connectivity index (χ2n) is 2.11. The van der Waals surface area contributed by atoms with Gasteiger partial charge in [-0.2, -0.15) is 0 Å². The average molecular weight is 185 g/mol. The van der Waals surface area contributed by atoms with Crippen molar-refractivity contribution >= 4 is 23.0 Å². The lowest BCUT2D eigenvalue weighted by atomic mass is 10.3. The summed E-state index contributed by atoms with van der Waals surface area (Å²) in [5, 5.41) is 8.48. The summed E-state index contributed by atoms with van der Waals surface area (Å²) in [5.41, 5.74) is 4.97. The van der Waals surface area contributed by atoms with Gasteiger partial charge in [0.05, 0.1) is 9.75 Å². The number of ketones is 1. The molecular weight excluding hydrogens is 178 g/mol. The Labute approximate surface area is 72.6 Å². The molecule has 0 saturated carbocycles. The first-order valence-electron chi connectivity index (χ1n) is 3.19. The fourth-order valence-corrected chi connectivity index (χ4v) is 1.49. The Kier molecular flexibility index (Phi) is 2.57. The van der Waals surface area contributed by atoms with Crippen LogP contribution in [0.5, 0.6) is 0 Å². The summed E-state index contributed by atoms with van der Waals surface area (Å²) in [6.45, 7) is -0.543. The molecule has 1 aromatic heterocycles. The summed E-state index contributed by atoms with van der Waals surface area (Å²) in [6.07, 6.45) is 0. The van der Waals surface area contributed by atoms with E-state index in [9.17, 15) is 9.59 Å². The maximum absolute atomic E-state index is 10.9. The fourth-order valence-electron chi connectivity index (χ4n) is 0.698. The highest BCUT2D eigenvalue weighted by Crippen LogP contribution is 2.15. The number of primary amides is 1. The van der Waals surface area contributed by atoms with Gasteiger partial charge in [-0.25, -0.2) is 0 Å². The average Bonchev–Trinajstić information content (AvgIpc) is 2.51. The standard InChI is InChI=1S/C7H7NO3S/c8-7(11)6-2-1-5(12-6)4(10)3-9/h1-2,9H,3H2,(H2,8,11). The van der Waals surface area contributed by atoms with E-state index in [1.54, 1.807) is 0 Å². The van der Waals surface area contributed by atoms with E-state index >= 15 is 0 Å². The number of amides is 1. The Balaban J connectivity index is 2.91. The van der Waals surface area contributed by atoms with Crippen LogP contribution in [0.1, 0.15) is 19.3 Å². The molecule has 5 heteroatoms. The molecule has 0 saturated heterocycles. The van der Waals surface area contributed by atoms with Crippen molar-refractivity contribution in [2.75, 3.05) is 6.61 Å². The lowest BCUT2D eigenvalue weighted by molar-refractivity contribution is 0.0907. The Morgan fingerprint density at radius 1 is 1.42 bits per heavy atom. The Hall–Kier alpha value is -1.20. The summed E-state index contributed by atoms with van der Waals surface area (Å²) in [6, 6.07) is 2.94. The van der Waals surface area contributed by atoms with E-state index in [1.165, 1.54) is 12.1 Å². The monoisotopic (exact) mass is 185 g/mol. The van der Waals surface area contributed by atoms with Gasteiger partial charge in [-0.05, 0) is 12.1 Å². The van der Waals surface area contributed by atoms with E-state index in [4.69, 9.17) is 10.8 Å². The molecule has 3 N–H and O–H groups in total. The van der Waals surface area contributed by atoms with Gasteiger partial charge >= 0.3 is 0 Å². The smallest absolute Gasteiger partial charge is 0.258 e. The second-order valence-corrected chi connectivity index (χ2v) is 3.19. The fraction of sp³-hybridized carbons (Fsp3) is 0.143. The molecular formula is C7H7NO3S. The number of Topliss-reactive ketones (excluding diaryl/α,β-unsaturated/α-hetero) is 1. The maximum atomic E-state index is 10.9. The zero-order chi connectivity index (χ0) is 9.14. The number of aliphatic hydroxyl groups is 1. The molecule has 0 radical (unpaired) electrons. The second kappa shape index (κ2) is 3.46. The van der Waals surface area contributed by atoms with Crippen LogP contribution in [0.4, 0.5) is 0 Å². The molecule has 0 aromatic carbocycles. The first-order chi connectivity index (χ1) is 5.65. The van der Waals surface area contributed by atoms with Crippen molar-refractivity contribution in [2.24, 2.45) is 5.73 Å². The third-order valence-corrected chi connectivity index (χ3v) is 2.41. The highest BCUT2D eigenvalue weighted by atomic mass is 32.1. The van der Waals surface area contributed by atoms with Gasteiger partial charge in [-0.1, -0.05) is 0 Å². The molecule has 0 aliphatic rings. The third kappa shape index (κ3) is 1.69. The topological polar surface area (TPSA) is 80.4 Å². The van der Waals surface area contributed by atoms with E-state index in [-0.39, 0.29) is 0 Å². The zero-order valence-electron chi connectivity index (χ0n) is 6.11. The number of carbonyl (C=O) groups is 2. The molecule has 0 atom stereocenters. The van der Waals surface area contributed by atoms with Crippen LogP contribution in [0.25, 0.3) is 0 Å². The summed E-state index contributed by atoms with van der Waals surface area (Å²) >= 11 is 0.990. The number of carbonyl (C=O) groups excluding carboxylic acids is 2. The minimum absolute atomic E-state index is 0.326. The first kappa shape index (κ1) is 8.89.